The molecule has 2 aromatic rings. The van der Waals surface area contributed by atoms with Gasteiger partial charge in [-0.05, 0) is 55.4 Å². The molecule has 2 aromatic carbocycles. The van der Waals surface area contributed by atoms with Crippen LogP contribution in [0.5, 0.6) is 5.75 Å². The van der Waals surface area contributed by atoms with Crippen molar-refractivity contribution >= 4 is 29.1 Å². The second-order valence-corrected chi connectivity index (χ2v) is 6.32. The number of amides is 2. The molecular weight excluding hydrogens is 362 g/mol. The molecular formula is C20H23N3O3S. The van der Waals surface area contributed by atoms with Crippen molar-refractivity contribution < 1.29 is 14.3 Å². The normalized spacial score (nSPS) is 10.0. The molecule has 0 aliphatic rings. The molecule has 0 heterocycles. The van der Waals surface area contributed by atoms with Crippen LogP contribution in [0.4, 0.5) is 0 Å². The lowest BCUT2D eigenvalue weighted by Crippen LogP contribution is -2.48. The van der Waals surface area contributed by atoms with Crippen molar-refractivity contribution in [2.45, 2.75) is 26.7 Å². The van der Waals surface area contributed by atoms with Crippen molar-refractivity contribution in [3.63, 3.8) is 0 Å². The Morgan fingerprint density at radius 1 is 1.04 bits per heavy atom. The first-order chi connectivity index (χ1) is 13.0. The van der Waals surface area contributed by atoms with Gasteiger partial charge in [-0.25, -0.2) is 0 Å². The summed E-state index contributed by atoms with van der Waals surface area (Å²) in [5.41, 5.74) is 6.79. The molecule has 0 spiro atoms. The van der Waals surface area contributed by atoms with Crippen molar-refractivity contribution in [3.8, 4) is 5.75 Å². The molecule has 0 aromatic heterocycles. The number of hydrazine groups is 1. The molecule has 0 aliphatic carbocycles. The Bertz CT molecular complexity index is 824. The third-order valence-electron chi connectivity index (χ3n) is 3.77. The van der Waals surface area contributed by atoms with E-state index in [9.17, 15) is 9.59 Å². The molecule has 0 atom stereocenters. The highest BCUT2D eigenvalue weighted by atomic mass is 32.1. The highest BCUT2D eigenvalue weighted by molar-refractivity contribution is 7.80. The van der Waals surface area contributed by atoms with Gasteiger partial charge in [0, 0.05) is 11.1 Å². The van der Waals surface area contributed by atoms with Crippen LogP contribution >= 0.6 is 12.2 Å². The van der Waals surface area contributed by atoms with Gasteiger partial charge in [0.05, 0.1) is 6.61 Å². The summed E-state index contributed by atoms with van der Waals surface area (Å²) in [7, 11) is 0. The van der Waals surface area contributed by atoms with Gasteiger partial charge in [-0.2, -0.15) is 0 Å². The molecule has 2 rings (SSSR count). The topological polar surface area (TPSA) is 79.5 Å². The second kappa shape index (κ2) is 10.3. The van der Waals surface area contributed by atoms with Crippen molar-refractivity contribution in [2.75, 3.05) is 6.61 Å². The highest BCUT2D eigenvalue weighted by Gasteiger charge is 2.11. The zero-order valence-electron chi connectivity index (χ0n) is 15.4. The molecule has 0 saturated carbocycles. The van der Waals surface area contributed by atoms with Crippen LogP contribution in [-0.4, -0.2) is 23.5 Å². The maximum absolute atomic E-state index is 12.3. The first-order valence-corrected chi connectivity index (χ1v) is 9.12. The minimum atomic E-state index is -0.390. The first kappa shape index (κ1) is 20.4. The average molecular weight is 385 g/mol. The average Bonchev–Trinajstić information content (AvgIpc) is 2.67. The van der Waals surface area contributed by atoms with Crippen LogP contribution in [0.1, 0.15) is 46.0 Å². The predicted octanol–water partition coefficient (Wildman–Crippen LogP) is 3.12. The van der Waals surface area contributed by atoms with Crippen LogP contribution in [-0.2, 0) is 0 Å². The molecule has 0 unspecified atom stereocenters. The minimum Gasteiger partial charge on any atom is -0.494 e. The van der Waals surface area contributed by atoms with Gasteiger partial charge in [0.25, 0.3) is 11.8 Å². The summed E-state index contributed by atoms with van der Waals surface area (Å²) in [6.07, 6.45) is 1.99. The van der Waals surface area contributed by atoms with E-state index >= 15 is 0 Å². The Kier molecular flexibility index (Phi) is 7.76. The molecule has 0 fully saturated rings. The molecule has 0 saturated heterocycles. The maximum Gasteiger partial charge on any atom is 0.269 e. The van der Waals surface area contributed by atoms with Crippen molar-refractivity contribution in [2.24, 2.45) is 0 Å². The second-order valence-electron chi connectivity index (χ2n) is 5.91. The number of hydrogen-bond donors (Lipinski definition) is 3. The fourth-order valence-electron chi connectivity index (χ4n) is 2.28. The Labute approximate surface area is 164 Å². The van der Waals surface area contributed by atoms with Gasteiger partial charge < -0.3 is 4.74 Å². The monoisotopic (exact) mass is 385 g/mol. The van der Waals surface area contributed by atoms with Gasteiger partial charge in [-0.3, -0.25) is 25.8 Å². The SMILES string of the molecule is CCCCOc1cccc(C(=O)NC(=S)NNC(=O)c2ccccc2C)c1. The summed E-state index contributed by atoms with van der Waals surface area (Å²) in [6, 6.07) is 14.0. The van der Waals surface area contributed by atoms with Gasteiger partial charge in [0.1, 0.15) is 5.75 Å². The van der Waals surface area contributed by atoms with Crippen LogP contribution in [0.15, 0.2) is 48.5 Å². The molecule has 27 heavy (non-hydrogen) atoms. The lowest BCUT2D eigenvalue weighted by Gasteiger charge is -2.12. The smallest absolute Gasteiger partial charge is 0.269 e. The lowest BCUT2D eigenvalue weighted by molar-refractivity contribution is 0.0934. The summed E-state index contributed by atoms with van der Waals surface area (Å²) in [4.78, 5) is 24.4. The van der Waals surface area contributed by atoms with Gasteiger partial charge in [0.15, 0.2) is 5.11 Å². The third-order valence-corrected chi connectivity index (χ3v) is 3.97. The van der Waals surface area contributed by atoms with E-state index in [1.807, 2.05) is 19.1 Å². The molecule has 0 radical (unpaired) electrons. The number of nitrogens with one attached hydrogen (secondary N) is 3. The van der Waals surface area contributed by atoms with E-state index in [0.717, 1.165) is 18.4 Å². The van der Waals surface area contributed by atoms with Gasteiger partial charge in [-0.1, -0.05) is 37.6 Å². The van der Waals surface area contributed by atoms with Gasteiger partial charge in [0.2, 0.25) is 0 Å². The fraction of sp³-hybridized carbons (Fsp3) is 0.250. The number of hydrogen-bond acceptors (Lipinski definition) is 4. The fourth-order valence-corrected chi connectivity index (χ4v) is 2.42. The zero-order valence-corrected chi connectivity index (χ0v) is 16.2. The van der Waals surface area contributed by atoms with E-state index in [1.165, 1.54) is 0 Å². The maximum atomic E-state index is 12.3. The van der Waals surface area contributed by atoms with E-state index in [0.29, 0.717) is 23.5 Å². The predicted molar refractivity (Wildman–Crippen MR) is 109 cm³/mol. The molecule has 0 aliphatic heterocycles. The summed E-state index contributed by atoms with van der Waals surface area (Å²) in [5.74, 6) is -0.0996. The summed E-state index contributed by atoms with van der Waals surface area (Å²) < 4.78 is 5.60. The Morgan fingerprint density at radius 2 is 1.81 bits per heavy atom. The molecule has 2 amide bonds. The van der Waals surface area contributed by atoms with Gasteiger partial charge >= 0.3 is 0 Å². The van der Waals surface area contributed by atoms with Gasteiger partial charge in [-0.15, -0.1) is 0 Å². The minimum absolute atomic E-state index is 0.000705. The number of aryl methyl sites for hydroxylation is 1. The summed E-state index contributed by atoms with van der Waals surface area (Å²) in [6.45, 7) is 4.52. The lowest BCUT2D eigenvalue weighted by atomic mass is 10.1. The Hall–Kier alpha value is -2.93. The van der Waals surface area contributed by atoms with Crippen LogP contribution < -0.4 is 20.9 Å². The molecule has 142 valence electrons. The molecule has 0 bridgehead atoms. The standard InChI is InChI=1S/C20H23N3O3S/c1-3-4-12-26-16-10-7-9-15(13-16)18(24)21-20(27)23-22-19(25)17-11-6-5-8-14(17)2/h5-11,13H,3-4,12H2,1-2H3,(H,22,25)(H2,21,23,24,27). The first-order valence-electron chi connectivity index (χ1n) is 8.71. The number of thiocarbonyl (C=S) groups is 1. The van der Waals surface area contributed by atoms with E-state index in [-0.39, 0.29) is 11.0 Å². The molecule has 7 heteroatoms. The number of rotatable bonds is 6. The van der Waals surface area contributed by atoms with E-state index in [1.54, 1.807) is 36.4 Å². The number of carbonyl (C=O) groups excluding carboxylic acids is 2. The molecule has 6 nitrogen and oxygen atoms in total. The van der Waals surface area contributed by atoms with Crippen LogP contribution in [0, 0.1) is 6.92 Å². The number of carbonyl (C=O) groups is 2. The van der Waals surface area contributed by atoms with E-state index in [2.05, 4.69) is 23.1 Å². The van der Waals surface area contributed by atoms with Crippen LogP contribution in [0.25, 0.3) is 0 Å². The zero-order chi connectivity index (χ0) is 19.6. The Balaban J connectivity index is 1.86. The van der Waals surface area contributed by atoms with E-state index in [4.69, 9.17) is 17.0 Å². The molecule has 3 N–H and O–H groups in total. The highest BCUT2D eigenvalue weighted by Crippen LogP contribution is 2.13. The van der Waals surface area contributed by atoms with Crippen molar-refractivity contribution in [3.05, 3.63) is 65.2 Å². The summed E-state index contributed by atoms with van der Waals surface area (Å²) in [5, 5.41) is 2.52. The Morgan fingerprint density at radius 3 is 2.56 bits per heavy atom. The number of benzene rings is 2. The van der Waals surface area contributed by atoms with Crippen molar-refractivity contribution in [1.29, 1.82) is 0 Å². The summed E-state index contributed by atoms with van der Waals surface area (Å²) >= 11 is 5.06. The third kappa shape index (κ3) is 6.38. The van der Waals surface area contributed by atoms with E-state index < -0.39 is 5.91 Å². The van der Waals surface area contributed by atoms with Crippen LogP contribution in [0.2, 0.25) is 0 Å². The van der Waals surface area contributed by atoms with Crippen molar-refractivity contribution in [1.82, 2.24) is 16.2 Å². The number of ether oxygens (including phenoxy) is 1. The largest absolute Gasteiger partial charge is 0.494 e. The van der Waals surface area contributed by atoms with Crippen LogP contribution in [0.3, 0.4) is 0 Å². The number of unbranched alkanes of at least 4 members (excludes halogenated alkanes) is 1. The quantitative estimate of drug-likeness (QED) is 0.404.